The lowest BCUT2D eigenvalue weighted by Crippen LogP contribution is -2.45. The van der Waals surface area contributed by atoms with Crippen LogP contribution in [0.2, 0.25) is 0 Å². The third-order valence-corrected chi connectivity index (χ3v) is 4.49. The maximum atomic E-state index is 12.2. The van der Waals surface area contributed by atoms with E-state index in [0.717, 1.165) is 37.2 Å². The van der Waals surface area contributed by atoms with Crippen LogP contribution in [0.15, 0.2) is 29.3 Å². The summed E-state index contributed by atoms with van der Waals surface area (Å²) in [5, 5.41) is 9.51. The van der Waals surface area contributed by atoms with Crippen LogP contribution in [0.3, 0.4) is 0 Å². The molecular weight excluding hydrogens is 457 g/mol. The van der Waals surface area contributed by atoms with Crippen molar-refractivity contribution in [2.75, 3.05) is 39.1 Å². The van der Waals surface area contributed by atoms with E-state index in [2.05, 4.69) is 20.9 Å². The second kappa shape index (κ2) is 11.3. The summed E-state index contributed by atoms with van der Waals surface area (Å²) in [5.41, 5.74) is 1.61. The van der Waals surface area contributed by atoms with Gasteiger partial charge in [-0.1, -0.05) is 12.1 Å². The van der Waals surface area contributed by atoms with Crippen LogP contribution in [0.5, 0.6) is 0 Å². The van der Waals surface area contributed by atoms with Gasteiger partial charge in [0.25, 0.3) is 0 Å². The minimum Gasteiger partial charge on any atom is -0.377 e. The quantitative estimate of drug-likeness (QED) is 0.326. The lowest BCUT2D eigenvalue weighted by Gasteiger charge is -2.24. The van der Waals surface area contributed by atoms with Gasteiger partial charge in [-0.3, -0.25) is 4.99 Å². The van der Waals surface area contributed by atoms with Crippen molar-refractivity contribution in [3.05, 3.63) is 29.8 Å². The molecule has 2 rings (SSSR count). The first-order valence-electron chi connectivity index (χ1n) is 9.08. The molecule has 0 atom stereocenters. The number of carbonyl (C=O) groups is 1. The molecule has 0 spiro atoms. The Bertz CT molecular complexity index is 630. The Morgan fingerprint density at radius 2 is 1.96 bits per heavy atom. The second-order valence-electron chi connectivity index (χ2n) is 7.07. The molecule has 0 saturated carbocycles. The van der Waals surface area contributed by atoms with Gasteiger partial charge in [-0.15, -0.1) is 24.0 Å². The molecule has 8 heteroatoms. The van der Waals surface area contributed by atoms with E-state index in [1.807, 2.05) is 43.0 Å². The van der Waals surface area contributed by atoms with Crippen molar-refractivity contribution in [2.24, 2.45) is 4.99 Å². The first-order chi connectivity index (χ1) is 12.4. The average Bonchev–Trinajstić information content (AvgIpc) is 3.17. The number of anilines is 1. The van der Waals surface area contributed by atoms with Crippen LogP contribution in [0, 0.1) is 0 Å². The minimum absolute atomic E-state index is 0. The molecule has 0 radical (unpaired) electrons. The molecule has 1 fully saturated rings. The predicted octanol–water partition coefficient (Wildman–Crippen LogP) is 3.02. The van der Waals surface area contributed by atoms with Gasteiger partial charge >= 0.3 is 6.03 Å². The third-order valence-electron chi connectivity index (χ3n) is 4.49. The third kappa shape index (κ3) is 7.92. The first kappa shape index (κ1) is 23.5. The summed E-state index contributed by atoms with van der Waals surface area (Å²) in [7, 11) is 3.43. The van der Waals surface area contributed by atoms with Gasteiger partial charge in [-0.05, 0) is 44.4 Å². The summed E-state index contributed by atoms with van der Waals surface area (Å²) in [4.78, 5) is 18.3. The van der Waals surface area contributed by atoms with Gasteiger partial charge < -0.3 is 25.6 Å². The predicted molar refractivity (Wildman–Crippen MR) is 121 cm³/mol. The summed E-state index contributed by atoms with van der Waals surface area (Å²) < 4.78 is 5.40. The Kier molecular flexibility index (Phi) is 9.86. The van der Waals surface area contributed by atoms with Crippen molar-refractivity contribution in [1.29, 1.82) is 0 Å². The summed E-state index contributed by atoms with van der Waals surface area (Å²) in [6, 6.07) is 7.83. The van der Waals surface area contributed by atoms with Crippen LogP contribution in [0.25, 0.3) is 0 Å². The van der Waals surface area contributed by atoms with E-state index in [1.165, 1.54) is 0 Å². The molecule has 27 heavy (non-hydrogen) atoms. The lowest BCUT2D eigenvalue weighted by atomic mass is 10.1. The highest BCUT2D eigenvalue weighted by molar-refractivity contribution is 14.0. The van der Waals surface area contributed by atoms with Crippen molar-refractivity contribution in [3.63, 3.8) is 0 Å². The Balaban J connectivity index is 0.00000364. The maximum absolute atomic E-state index is 12.2. The van der Waals surface area contributed by atoms with Gasteiger partial charge in [0.2, 0.25) is 0 Å². The van der Waals surface area contributed by atoms with E-state index >= 15 is 0 Å². The van der Waals surface area contributed by atoms with Crippen molar-refractivity contribution in [2.45, 2.75) is 38.8 Å². The van der Waals surface area contributed by atoms with E-state index in [0.29, 0.717) is 19.0 Å². The van der Waals surface area contributed by atoms with E-state index in [9.17, 15) is 4.79 Å². The standard InChI is InChI=1S/C19H31N5O2.HI/c1-19(2,26-4)14-22-17(20-3)21-13-15-8-7-9-16(12-15)23-18(25)24-10-5-6-11-24;/h7-9,12H,5-6,10-11,13-14H2,1-4H3,(H,23,25)(H2,20,21,22);1H. The van der Waals surface area contributed by atoms with Crippen LogP contribution in [-0.2, 0) is 11.3 Å². The number of urea groups is 1. The van der Waals surface area contributed by atoms with E-state index < -0.39 is 0 Å². The van der Waals surface area contributed by atoms with Gasteiger partial charge in [0.05, 0.1) is 5.60 Å². The van der Waals surface area contributed by atoms with Crippen LogP contribution in [0.4, 0.5) is 10.5 Å². The number of aliphatic imine (C=N–C) groups is 1. The molecule has 7 nitrogen and oxygen atoms in total. The Labute approximate surface area is 179 Å². The van der Waals surface area contributed by atoms with Crippen LogP contribution in [0.1, 0.15) is 32.3 Å². The van der Waals surface area contributed by atoms with Gasteiger partial charge in [0, 0.05) is 46.0 Å². The number of benzene rings is 1. The summed E-state index contributed by atoms with van der Waals surface area (Å²) >= 11 is 0. The molecule has 0 aromatic heterocycles. The monoisotopic (exact) mass is 489 g/mol. The number of rotatable bonds is 6. The number of guanidine groups is 1. The van der Waals surface area contributed by atoms with Crippen LogP contribution < -0.4 is 16.0 Å². The topological polar surface area (TPSA) is 78.0 Å². The number of ether oxygens (including phenoxy) is 1. The van der Waals surface area contributed by atoms with Gasteiger partial charge in [0.1, 0.15) is 0 Å². The molecule has 0 bridgehead atoms. The van der Waals surface area contributed by atoms with Crippen LogP contribution >= 0.6 is 24.0 Å². The smallest absolute Gasteiger partial charge is 0.321 e. The number of likely N-dealkylation sites (tertiary alicyclic amines) is 1. The number of methoxy groups -OCH3 is 1. The summed E-state index contributed by atoms with van der Waals surface area (Å²) in [5.74, 6) is 0.710. The fourth-order valence-corrected chi connectivity index (χ4v) is 2.66. The zero-order valence-electron chi connectivity index (χ0n) is 16.7. The van der Waals surface area contributed by atoms with E-state index in [1.54, 1.807) is 14.2 Å². The largest absolute Gasteiger partial charge is 0.377 e. The van der Waals surface area contributed by atoms with E-state index in [4.69, 9.17) is 4.74 Å². The highest BCUT2D eigenvalue weighted by Crippen LogP contribution is 2.14. The molecule has 152 valence electrons. The number of halogens is 1. The maximum Gasteiger partial charge on any atom is 0.321 e. The Hall–Kier alpha value is -1.55. The second-order valence-corrected chi connectivity index (χ2v) is 7.07. The summed E-state index contributed by atoms with van der Waals surface area (Å²) in [6.07, 6.45) is 2.17. The van der Waals surface area contributed by atoms with Gasteiger partial charge in [-0.25, -0.2) is 4.79 Å². The highest BCUT2D eigenvalue weighted by Gasteiger charge is 2.18. The van der Waals surface area contributed by atoms with E-state index in [-0.39, 0.29) is 35.6 Å². The van der Waals surface area contributed by atoms with Crippen molar-refractivity contribution >= 4 is 41.7 Å². The van der Waals surface area contributed by atoms with Gasteiger partial charge in [-0.2, -0.15) is 0 Å². The first-order valence-corrected chi connectivity index (χ1v) is 9.08. The molecule has 3 N–H and O–H groups in total. The lowest BCUT2D eigenvalue weighted by molar-refractivity contribution is 0.0268. The number of amides is 2. The molecule has 1 aromatic rings. The van der Waals surface area contributed by atoms with Crippen molar-refractivity contribution in [1.82, 2.24) is 15.5 Å². The number of hydrogen-bond donors (Lipinski definition) is 3. The molecule has 1 aliphatic heterocycles. The molecule has 0 aliphatic carbocycles. The molecule has 0 unspecified atom stereocenters. The Morgan fingerprint density at radius 3 is 2.59 bits per heavy atom. The number of nitrogens with one attached hydrogen (secondary N) is 3. The molecular formula is C19H32IN5O2. The highest BCUT2D eigenvalue weighted by atomic mass is 127. The number of nitrogens with zero attached hydrogens (tertiary/aromatic N) is 2. The molecule has 2 amide bonds. The zero-order chi connectivity index (χ0) is 19.0. The summed E-state index contributed by atoms with van der Waals surface area (Å²) in [6.45, 7) is 6.97. The SMILES string of the molecule is CN=C(NCc1cccc(NC(=O)N2CCCC2)c1)NCC(C)(C)OC.I. The number of hydrogen-bond acceptors (Lipinski definition) is 3. The van der Waals surface area contributed by atoms with Crippen molar-refractivity contribution in [3.8, 4) is 0 Å². The number of carbonyl (C=O) groups excluding carboxylic acids is 1. The van der Waals surface area contributed by atoms with Gasteiger partial charge in [0.15, 0.2) is 5.96 Å². The molecule has 1 saturated heterocycles. The minimum atomic E-state index is -0.266. The Morgan fingerprint density at radius 1 is 1.26 bits per heavy atom. The normalized spacial score (nSPS) is 14.5. The van der Waals surface area contributed by atoms with Crippen LogP contribution in [-0.4, -0.2) is 56.3 Å². The zero-order valence-corrected chi connectivity index (χ0v) is 19.0. The molecule has 1 aliphatic rings. The fraction of sp³-hybridized carbons (Fsp3) is 0.579. The fourth-order valence-electron chi connectivity index (χ4n) is 2.66. The molecule has 1 aromatic carbocycles. The molecule has 1 heterocycles. The van der Waals surface area contributed by atoms with Crippen molar-refractivity contribution < 1.29 is 9.53 Å². The average molecular weight is 489 g/mol.